The van der Waals surface area contributed by atoms with Gasteiger partial charge in [-0.05, 0) is 20.8 Å². The van der Waals surface area contributed by atoms with Crippen LogP contribution in [-0.4, -0.2) is 72.5 Å². The average molecular weight is 251 g/mol. The minimum absolute atomic E-state index is 0.0158. The first-order valence-electron chi connectivity index (χ1n) is 6.82. The first-order valence-corrected chi connectivity index (χ1v) is 6.82. The van der Waals surface area contributed by atoms with Crippen LogP contribution in [-0.2, 0) is 4.79 Å². The molecular formula is C14H25N3O. The minimum Gasteiger partial charge on any atom is -0.342 e. The molecule has 1 fully saturated rings. The number of nitrogens with zero attached hydrogens (tertiary/aromatic N) is 3. The Kier molecular flexibility index (Phi) is 6.17. The molecular weight excluding hydrogens is 226 g/mol. The Bertz CT molecular complexity index is 299. The monoisotopic (exact) mass is 251 g/mol. The van der Waals surface area contributed by atoms with Crippen LogP contribution in [0, 0.1) is 12.3 Å². The van der Waals surface area contributed by atoms with Crippen LogP contribution in [0.1, 0.15) is 20.8 Å². The van der Waals surface area contributed by atoms with Crippen LogP contribution in [0.5, 0.6) is 0 Å². The molecule has 0 N–H and O–H groups in total. The molecule has 1 unspecified atom stereocenters. The summed E-state index contributed by atoms with van der Waals surface area (Å²) in [5.41, 5.74) is 0. The van der Waals surface area contributed by atoms with Gasteiger partial charge in [-0.15, -0.1) is 6.42 Å². The SMILES string of the molecule is C#CCN1CCN(C(C)C(=O)N(CC)CC)CC1. The van der Waals surface area contributed by atoms with Crippen molar-refractivity contribution in [2.24, 2.45) is 0 Å². The van der Waals surface area contributed by atoms with E-state index in [1.807, 2.05) is 25.7 Å². The molecule has 1 aliphatic rings. The maximum Gasteiger partial charge on any atom is 0.239 e. The van der Waals surface area contributed by atoms with Gasteiger partial charge < -0.3 is 4.90 Å². The van der Waals surface area contributed by atoms with Crippen LogP contribution in [0.3, 0.4) is 0 Å². The van der Waals surface area contributed by atoms with E-state index in [0.29, 0.717) is 6.54 Å². The fraction of sp³-hybridized carbons (Fsp3) is 0.786. The molecule has 4 nitrogen and oxygen atoms in total. The van der Waals surface area contributed by atoms with Crippen molar-refractivity contribution in [2.75, 3.05) is 45.8 Å². The fourth-order valence-electron chi connectivity index (χ4n) is 2.39. The number of rotatable bonds is 5. The van der Waals surface area contributed by atoms with Gasteiger partial charge in [0, 0.05) is 39.3 Å². The van der Waals surface area contributed by atoms with E-state index >= 15 is 0 Å². The first kappa shape index (κ1) is 15.0. The zero-order valence-corrected chi connectivity index (χ0v) is 11.9. The van der Waals surface area contributed by atoms with Gasteiger partial charge >= 0.3 is 0 Å². The van der Waals surface area contributed by atoms with E-state index in [1.165, 1.54) is 0 Å². The summed E-state index contributed by atoms with van der Waals surface area (Å²) in [4.78, 5) is 18.7. The van der Waals surface area contributed by atoms with Gasteiger partial charge in [0.15, 0.2) is 0 Å². The molecule has 0 spiro atoms. The van der Waals surface area contributed by atoms with Gasteiger partial charge in [0.25, 0.3) is 0 Å². The molecule has 0 bridgehead atoms. The third-order valence-electron chi connectivity index (χ3n) is 3.70. The second-order valence-electron chi connectivity index (χ2n) is 4.70. The van der Waals surface area contributed by atoms with Crippen LogP contribution >= 0.6 is 0 Å². The van der Waals surface area contributed by atoms with Crippen molar-refractivity contribution in [3.63, 3.8) is 0 Å². The van der Waals surface area contributed by atoms with E-state index in [9.17, 15) is 4.79 Å². The lowest BCUT2D eigenvalue weighted by Crippen LogP contribution is -2.54. The second kappa shape index (κ2) is 7.40. The van der Waals surface area contributed by atoms with Crippen molar-refractivity contribution in [2.45, 2.75) is 26.8 Å². The second-order valence-corrected chi connectivity index (χ2v) is 4.70. The van der Waals surface area contributed by atoms with E-state index in [0.717, 1.165) is 39.3 Å². The molecule has 0 aromatic rings. The molecule has 1 atom stereocenters. The van der Waals surface area contributed by atoms with E-state index in [-0.39, 0.29) is 11.9 Å². The lowest BCUT2D eigenvalue weighted by atomic mass is 10.2. The van der Waals surface area contributed by atoms with Gasteiger partial charge in [-0.25, -0.2) is 0 Å². The van der Waals surface area contributed by atoms with Gasteiger partial charge in [0.05, 0.1) is 12.6 Å². The molecule has 0 aromatic carbocycles. The smallest absolute Gasteiger partial charge is 0.239 e. The summed E-state index contributed by atoms with van der Waals surface area (Å²) in [6, 6.07) is -0.0158. The molecule has 1 amide bonds. The van der Waals surface area contributed by atoms with Gasteiger partial charge in [-0.1, -0.05) is 5.92 Å². The molecule has 102 valence electrons. The normalized spacial score (nSPS) is 19.2. The largest absolute Gasteiger partial charge is 0.342 e. The highest BCUT2D eigenvalue weighted by Gasteiger charge is 2.27. The molecule has 1 rings (SSSR count). The van der Waals surface area contributed by atoms with Gasteiger partial charge in [-0.2, -0.15) is 0 Å². The molecule has 18 heavy (non-hydrogen) atoms. The number of hydrogen-bond acceptors (Lipinski definition) is 3. The van der Waals surface area contributed by atoms with Crippen molar-refractivity contribution >= 4 is 5.91 Å². The van der Waals surface area contributed by atoms with E-state index in [4.69, 9.17) is 6.42 Å². The Balaban J connectivity index is 2.47. The first-order chi connectivity index (χ1) is 8.63. The van der Waals surface area contributed by atoms with E-state index in [1.54, 1.807) is 0 Å². The summed E-state index contributed by atoms with van der Waals surface area (Å²) in [6.07, 6.45) is 5.31. The quantitative estimate of drug-likeness (QED) is 0.666. The molecule has 1 heterocycles. The molecule has 4 heteroatoms. The topological polar surface area (TPSA) is 26.8 Å². The summed E-state index contributed by atoms with van der Waals surface area (Å²) in [5.74, 6) is 2.91. The average Bonchev–Trinajstić information content (AvgIpc) is 2.40. The lowest BCUT2D eigenvalue weighted by Gasteiger charge is -2.38. The van der Waals surface area contributed by atoms with E-state index in [2.05, 4.69) is 15.7 Å². The van der Waals surface area contributed by atoms with E-state index < -0.39 is 0 Å². The maximum absolute atomic E-state index is 12.3. The van der Waals surface area contributed by atoms with Gasteiger partial charge in [-0.3, -0.25) is 14.6 Å². The number of terminal acetylenes is 1. The summed E-state index contributed by atoms with van der Waals surface area (Å²) < 4.78 is 0. The van der Waals surface area contributed by atoms with Crippen molar-refractivity contribution < 1.29 is 4.79 Å². The Hall–Kier alpha value is -1.05. The molecule has 0 radical (unpaired) electrons. The van der Waals surface area contributed by atoms with Crippen molar-refractivity contribution in [3.05, 3.63) is 0 Å². The molecule has 0 saturated carbocycles. The standard InChI is InChI=1S/C14H25N3O/c1-5-8-15-9-11-17(12-10-15)13(4)14(18)16(6-2)7-3/h1,13H,6-12H2,2-4H3. The highest BCUT2D eigenvalue weighted by atomic mass is 16.2. The number of carbonyl (C=O) groups is 1. The van der Waals surface area contributed by atoms with Crippen LogP contribution in [0.4, 0.5) is 0 Å². The third kappa shape index (κ3) is 3.72. The Morgan fingerprint density at radius 3 is 2.28 bits per heavy atom. The molecule has 0 aliphatic carbocycles. The summed E-state index contributed by atoms with van der Waals surface area (Å²) in [7, 11) is 0. The summed E-state index contributed by atoms with van der Waals surface area (Å²) in [6.45, 7) is 12.1. The molecule has 1 saturated heterocycles. The van der Waals surface area contributed by atoms with Crippen LogP contribution in [0.25, 0.3) is 0 Å². The van der Waals surface area contributed by atoms with Crippen LogP contribution in [0.15, 0.2) is 0 Å². The van der Waals surface area contributed by atoms with Crippen LogP contribution in [0.2, 0.25) is 0 Å². The Morgan fingerprint density at radius 1 is 1.28 bits per heavy atom. The zero-order chi connectivity index (χ0) is 13.5. The predicted octanol–water partition coefficient (Wildman–Crippen LogP) is 0.494. The number of hydrogen-bond donors (Lipinski definition) is 0. The summed E-state index contributed by atoms with van der Waals surface area (Å²) >= 11 is 0. The van der Waals surface area contributed by atoms with Crippen molar-refractivity contribution in [1.82, 2.24) is 14.7 Å². The lowest BCUT2D eigenvalue weighted by molar-refractivity contribution is -0.136. The third-order valence-corrected chi connectivity index (χ3v) is 3.70. The number of likely N-dealkylation sites (N-methyl/N-ethyl adjacent to an activating group) is 1. The highest BCUT2D eigenvalue weighted by Crippen LogP contribution is 2.08. The molecule has 0 aromatic heterocycles. The number of amides is 1. The Morgan fingerprint density at radius 2 is 1.83 bits per heavy atom. The van der Waals surface area contributed by atoms with Crippen LogP contribution < -0.4 is 0 Å². The number of carbonyl (C=O) groups excluding carboxylic acids is 1. The van der Waals surface area contributed by atoms with Crippen molar-refractivity contribution in [1.29, 1.82) is 0 Å². The molecule has 1 aliphatic heterocycles. The Labute approximate surface area is 111 Å². The van der Waals surface area contributed by atoms with Crippen molar-refractivity contribution in [3.8, 4) is 12.3 Å². The predicted molar refractivity (Wildman–Crippen MR) is 74.2 cm³/mol. The summed E-state index contributed by atoms with van der Waals surface area (Å²) in [5, 5.41) is 0. The zero-order valence-electron chi connectivity index (χ0n) is 11.9. The fourth-order valence-corrected chi connectivity index (χ4v) is 2.39. The highest BCUT2D eigenvalue weighted by molar-refractivity contribution is 5.81. The minimum atomic E-state index is -0.0158. The number of piperazine rings is 1. The maximum atomic E-state index is 12.3. The van der Waals surface area contributed by atoms with Gasteiger partial charge in [0.1, 0.15) is 0 Å². The van der Waals surface area contributed by atoms with Gasteiger partial charge in [0.2, 0.25) is 5.91 Å².